The SMILES string of the molecule is CCCCCCCCCCCC(=O)[C@@]1(n2ccc(=O)[nH]c2=O)O[C@H](CO)[C@@H](O)[C@H]1O. The second-order valence-electron chi connectivity index (χ2n) is 7.95. The van der Waals surface area contributed by atoms with Gasteiger partial charge in [-0.15, -0.1) is 0 Å². The normalized spacial score (nSPS) is 26.2. The monoisotopic (exact) mass is 426 g/mol. The molecule has 1 aliphatic rings. The first kappa shape index (κ1) is 24.5. The molecular weight excluding hydrogens is 392 g/mol. The zero-order valence-corrected chi connectivity index (χ0v) is 17.6. The third-order valence-corrected chi connectivity index (χ3v) is 5.71. The van der Waals surface area contributed by atoms with Gasteiger partial charge in [0.2, 0.25) is 5.72 Å². The van der Waals surface area contributed by atoms with Gasteiger partial charge < -0.3 is 20.1 Å². The van der Waals surface area contributed by atoms with Crippen LogP contribution in [0.3, 0.4) is 0 Å². The Balaban J connectivity index is 2.05. The fourth-order valence-corrected chi connectivity index (χ4v) is 3.97. The summed E-state index contributed by atoms with van der Waals surface area (Å²) in [5, 5.41) is 30.2. The number of carbonyl (C=O) groups is 1. The number of ketones is 1. The summed E-state index contributed by atoms with van der Waals surface area (Å²) in [4.78, 5) is 38.9. The van der Waals surface area contributed by atoms with E-state index >= 15 is 0 Å². The van der Waals surface area contributed by atoms with E-state index in [9.17, 15) is 29.7 Å². The molecule has 1 aliphatic heterocycles. The molecule has 9 heteroatoms. The van der Waals surface area contributed by atoms with Crippen LogP contribution in [0, 0.1) is 0 Å². The summed E-state index contributed by atoms with van der Waals surface area (Å²) in [5.41, 5.74) is -3.79. The number of unbranched alkanes of at least 4 members (excludes halogenated alkanes) is 8. The minimum Gasteiger partial charge on any atom is -0.394 e. The maximum atomic E-state index is 13.1. The number of hydrogen-bond acceptors (Lipinski definition) is 7. The molecule has 1 saturated heterocycles. The molecule has 0 bridgehead atoms. The number of Topliss-reactive ketones (excluding diaryl/α,β-unsaturated/α-hetero) is 1. The van der Waals surface area contributed by atoms with E-state index in [0.717, 1.165) is 42.5 Å². The van der Waals surface area contributed by atoms with Gasteiger partial charge in [0.15, 0.2) is 5.78 Å². The van der Waals surface area contributed by atoms with Crippen molar-refractivity contribution in [3.63, 3.8) is 0 Å². The third kappa shape index (κ3) is 5.46. The highest BCUT2D eigenvalue weighted by Crippen LogP contribution is 2.37. The summed E-state index contributed by atoms with van der Waals surface area (Å²) in [6.45, 7) is 1.54. The molecule has 0 radical (unpaired) electrons. The number of rotatable bonds is 13. The smallest absolute Gasteiger partial charge is 0.331 e. The summed E-state index contributed by atoms with van der Waals surface area (Å²) in [6.07, 6.45) is 6.07. The molecule has 1 fully saturated rings. The zero-order valence-electron chi connectivity index (χ0n) is 17.6. The fraction of sp³-hybridized carbons (Fsp3) is 0.762. The topological polar surface area (TPSA) is 142 Å². The van der Waals surface area contributed by atoms with Gasteiger partial charge in [-0.05, 0) is 6.42 Å². The molecule has 4 N–H and O–H groups in total. The number of aliphatic hydroxyl groups is 3. The molecule has 0 amide bonds. The molecule has 0 spiro atoms. The van der Waals surface area contributed by atoms with Crippen molar-refractivity contribution in [2.75, 3.05) is 6.61 Å². The Labute approximate surface area is 175 Å². The second-order valence-corrected chi connectivity index (χ2v) is 7.95. The molecule has 1 aromatic rings. The van der Waals surface area contributed by atoms with E-state index in [-0.39, 0.29) is 6.42 Å². The minimum atomic E-state index is -2.19. The Hall–Kier alpha value is -1.81. The van der Waals surface area contributed by atoms with Gasteiger partial charge in [0.1, 0.15) is 18.3 Å². The molecule has 4 atom stereocenters. The quantitative estimate of drug-likeness (QED) is 0.342. The number of aromatic nitrogens is 2. The van der Waals surface area contributed by atoms with E-state index in [1.165, 1.54) is 25.7 Å². The van der Waals surface area contributed by atoms with Crippen molar-refractivity contribution in [3.05, 3.63) is 33.1 Å². The highest BCUT2D eigenvalue weighted by Gasteiger charge is 2.60. The van der Waals surface area contributed by atoms with Crippen molar-refractivity contribution in [2.24, 2.45) is 0 Å². The summed E-state index contributed by atoms with van der Waals surface area (Å²) in [5.74, 6) is -0.581. The minimum absolute atomic E-state index is 0.0311. The lowest BCUT2D eigenvalue weighted by molar-refractivity contribution is -0.176. The first-order valence-corrected chi connectivity index (χ1v) is 10.9. The lowest BCUT2D eigenvalue weighted by Crippen LogP contribution is -2.56. The van der Waals surface area contributed by atoms with Crippen molar-refractivity contribution in [1.29, 1.82) is 0 Å². The van der Waals surface area contributed by atoms with Crippen LogP contribution in [0.5, 0.6) is 0 Å². The predicted octanol–water partition coefficient (Wildman–Crippen LogP) is 0.792. The van der Waals surface area contributed by atoms with Crippen LogP contribution < -0.4 is 11.2 Å². The van der Waals surface area contributed by atoms with Gasteiger partial charge in [0.05, 0.1) is 6.61 Å². The molecule has 0 unspecified atom stereocenters. The number of carbonyl (C=O) groups excluding carboxylic acids is 1. The molecular formula is C21H34N2O7. The van der Waals surface area contributed by atoms with E-state index < -0.39 is 47.7 Å². The summed E-state index contributed by atoms with van der Waals surface area (Å²) in [7, 11) is 0. The first-order valence-electron chi connectivity index (χ1n) is 10.9. The number of H-pyrrole nitrogens is 1. The molecule has 9 nitrogen and oxygen atoms in total. The highest BCUT2D eigenvalue weighted by atomic mass is 16.6. The van der Waals surface area contributed by atoms with Gasteiger partial charge in [-0.1, -0.05) is 58.3 Å². The number of nitrogens with zero attached hydrogens (tertiary/aromatic N) is 1. The van der Waals surface area contributed by atoms with Crippen LogP contribution >= 0.6 is 0 Å². The molecule has 1 aromatic heterocycles. The number of hydrogen-bond donors (Lipinski definition) is 4. The average Bonchev–Trinajstić information content (AvgIpc) is 2.98. The number of ether oxygens (including phenoxy) is 1. The van der Waals surface area contributed by atoms with Crippen molar-refractivity contribution >= 4 is 5.78 Å². The van der Waals surface area contributed by atoms with Crippen molar-refractivity contribution < 1.29 is 24.9 Å². The van der Waals surface area contributed by atoms with Crippen LogP contribution in [0.25, 0.3) is 0 Å². The van der Waals surface area contributed by atoms with Crippen molar-refractivity contribution in [3.8, 4) is 0 Å². The Morgan fingerprint density at radius 1 is 1.10 bits per heavy atom. The number of aromatic amines is 1. The van der Waals surface area contributed by atoms with Gasteiger partial charge in [-0.3, -0.25) is 19.1 Å². The maximum absolute atomic E-state index is 13.1. The number of aliphatic hydroxyl groups excluding tert-OH is 3. The first-order chi connectivity index (χ1) is 14.4. The van der Waals surface area contributed by atoms with Gasteiger partial charge in [-0.25, -0.2) is 4.79 Å². The van der Waals surface area contributed by atoms with Crippen LogP contribution in [0.4, 0.5) is 0 Å². The van der Waals surface area contributed by atoms with Crippen LogP contribution in [-0.4, -0.2) is 55.6 Å². The van der Waals surface area contributed by atoms with Crippen LogP contribution in [-0.2, 0) is 15.3 Å². The van der Waals surface area contributed by atoms with Gasteiger partial charge in [0, 0.05) is 18.7 Å². The lowest BCUT2D eigenvalue weighted by Gasteiger charge is -2.32. The van der Waals surface area contributed by atoms with Crippen LogP contribution in [0.15, 0.2) is 21.9 Å². The molecule has 0 aliphatic carbocycles. The van der Waals surface area contributed by atoms with E-state index in [1.807, 2.05) is 4.98 Å². The number of nitrogens with one attached hydrogen (secondary N) is 1. The van der Waals surface area contributed by atoms with Gasteiger partial charge in [0.25, 0.3) is 5.56 Å². The predicted molar refractivity (Wildman–Crippen MR) is 110 cm³/mol. The summed E-state index contributed by atoms with van der Waals surface area (Å²) in [6, 6.07) is 1.03. The zero-order chi connectivity index (χ0) is 22.1. The maximum Gasteiger partial charge on any atom is 0.331 e. The van der Waals surface area contributed by atoms with Crippen molar-refractivity contribution in [1.82, 2.24) is 9.55 Å². The Bertz CT molecular complexity index is 790. The van der Waals surface area contributed by atoms with Crippen LogP contribution in [0.2, 0.25) is 0 Å². The molecule has 30 heavy (non-hydrogen) atoms. The van der Waals surface area contributed by atoms with E-state index in [0.29, 0.717) is 6.42 Å². The highest BCUT2D eigenvalue weighted by molar-refractivity contribution is 5.86. The standard InChI is InChI=1S/C21H34N2O7/c1-2-3-4-5-6-7-8-9-10-11-16(25)21(19(28)18(27)15(14-24)30-21)23-13-12-17(26)22-20(23)29/h12-13,15,18-19,24,27-28H,2-11,14H2,1H3,(H,22,26,29)/t15-,18-,19-,21-/m1/s1. The Kier molecular flexibility index (Phi) is 9.41. The largest absolute Gasteiger partial charge is 0.394 e. The molecule has 170 valence electrons. The van der Waals surface area contributed by atoms with Crippen LogP contribution in [0.1, 0.15) is 71.1 Å². The third-order valence-electron chi connectivity index (χ3n) is 5.71. The fourth-order valence-electron chi connectivity index (χ4n) is 3.97. The van der Waals surface area contributed by atoms with E-state index in [4.69, 9.17) is 4.74 Å². The molecule has 2 heterocycles. The summed E-state index contributed by atoms with van der Waals surface area (Å²) >= 11 is 0. The van der Waals surface area contributed by atoms with Gasteiger partial charge in [-0.2, -0.15) is 0 Å². The average molecular weight is 427 g/mol. The van der Waals surface area contributed by atoms with E-state index in [2.05, 4.69) is 6.92 Å². The Morgan fingerprint density at radius 2 is 1.70 bits per heavy atom. The molecule has 2 rings (SSSR count). The molecule has 0 aromatic carbocycles. The van der Waals surface area contributed by atoms with E-state index in [1.54, 1.807) is 0 Å². The molecule has 0 saturated carbocycles. The summed E-state index contributed by atoms with van der Waals surface area (Å²) < 4.78 is 6.37. The Morgan fingerprint density at radius 3 is 2.23 bits per heavy atom. The van der Waals surface area contributed by atoms with Gasteiger partial charge >= 0.3 is 5.69 Å². The van der Waals surface area contributed by atoms with Crippen molar-refractivity contribution in [2.45, 2.75) is 95.2 Å². The second kappa shape index (κ2) is 11.5. The lowest BCUT2D eigenvalue weighted by atomic mass is 9.94.